The topological polar surface area (TPSA) is 25.4 Å². The van der Waals surface area contributed by atoms with Crippen LogP contribution in [0.5, 0.6) is 0 Å². The molecule has 0 N–H and O–H groups in total. The van der Waals surface area contributed by atoms with E-state index in [2.05, 4.69) is 28.9 Å². The summed E-state index contributed by atoms with van der Waals surface area (Å²) in [6.07, 6.45) is 8.13. The monoisotopic (exact) mass is 260 g/mol. The average molecular weight is 260 g/mol. The number of pyridine rings is 1. The third kappa shape index (κ3) is 2.76. The first kappa shape index (κ1) is 12.9. The lowest BCUT2D eigenvalue weighted by Gasteiger charge is -2.45. The maximum atomic E-state index is 5.75. The molecule has 0 bridgehead atoms. The third-order valence-electron chi connectivity index (χ3n) is 4.59. The summed E-state index contributed by atoms with van der Waals surface area (Å²) in [4.78, 5) is 6.95. The van der Waals surface area contributed by atoms with Gasteiger partial charge < -0.3 is 9.64 Å². The van der Waals surface area contributed by atoms with E-state index < -0.39 is 0 Å². The normalized spacial score (nSPS) is 27.7. The van der Waals surface area contributed by atoms with Crippen LogP contribution in [0.3, 0.4) is 0 Å². The number of hydrogen-bond acceptors (Lipinski definition) is 3. The number of rotatable bonds is 2. The first-order valence-electron chi connectivity index (χ1n) is 7.59. The molecule has 3 nitrogen and oxygen atoms in total. The molecule has 0 aromatic carbocycles. The summed E-state index contributed by atoms with van der Waals surface area (Å²) in [6.45, 7) is 6.40. The molecule has 19 heavy (non-hydrogen) atoms. The lowest BCUT2D eigenvalue weighted by Crippen LogP contribution is -2.47. The molecule has 1 atom stereocenters. The van der Waals surface area contributed by atoms with Gasteiger partial charge in [-0.05, 0) is 44.2 Å². The van der Waals surface area contributed by atoms with Gasteiger partial charge in [-0.3, -0.25) is 4.98 Å². The predicted octanol–water partition coefficient (Wildman–Crippen LogP) is 3.04. The van der Waals surface area contributed by atoms with E-state index >= 15 is 0 Å². The van der Waals surface area contributed by atoms with Crippen LogP contribution in [0.15, 0.2) is 18.3 Å². The number of ether oxygens (including phenoxy) is 1. The van der Waals surface area contributed by atoms with Gasteiger partial charge >= 0.3 is 0 Å². The third-order valence-corrected chi connectivity index (χ3v) is 4.59. The van der Waals surface area contributed by atoms with Gasteiger partial charge in [-0.2, -0.15) is 0 Å². The van der Waals surface area contributed by atoms with E-state index in [1.54, 1.807) is 0 Å². The molecule has 2 fully saturated rings. The van der Waals surface area contributed by atoms with Crippen molar-refractivity contribution in [1.29, 1.82) is 0 Å². The van der Waals surface area contributed by atoms with Crippen LogP contribution >= 0.6 is 0 Å². The molecular formula is C16H24N2O. The molecule has 0 amide bonds. The summed E-state index contributed by atoms with van der Waals surface area (Å²) >= 11 is 0. The van der Waals surface area contributed by atoms with Crippen molar-refractivity contribution in [3.63, 3.8) is 0 Å². The zero-order chi connectivity index (χ0) is 13.1. The molecule has 0 aliphatic carbocycles. The molecule has 104 valence electrons. The molecular weight excluding hydrogens is 236 g/mol. The minimum Gasteiger partial charge on any atom is -0.381 e. The molecule has 1 aromatic rings. The first-order chi connectivity index (χ1) is 9.31. The fraction of sp³-hybridized carbons (Fsp3) is 0.688. The van der Waals surface area contributed by atoms with Gasteiger partial charge in [-0.15, -0.1) is 0 Å². The van der Waals surface area contributed by atoms with Crippen molar-refractivity contribution in [1.82, 2.24) is 4.98 Å². The maximum absolute atomic E-state index is 5.75. The van der Waals surface area contributed by atoms with E-state index in [0.29, 0.717) is 5.41 Å². The summed E-state index contributed by atoms with van der Waals surface area (Å²) in [5.74, 6) is 0. The van der Waals surface area contributed by atoms with E-state index in [4.69, 9.17) is 4.74 Å². The summed E-state index contributed by atoms with van der Waals surface area (Å²) in [7, 11) is 0. The first-order valence-corrected chi connectivity index (χ1v) is 7.59. The van der Waals surface area contributed by atoms with E-state index in [-0.39, 0.29) is 0 Å². The van der Waals surface area contributed by atoms with Crippen molar-refractivity contribution >= 4 is 5.69 Å². The summed E-state index contributed by atoms with van der Waals surface area (Å²) in [6, 6.07) is 4.41. The Balaban J connectivity index is 1.76. The molecule has 1 aromatic heterocycles. The van der Waals surface area contributed by atoms with Crippen molar-refractivity contribution in [3.8, 4) is 0 Å². The van der Waals surface area contributed by atoms with Crippen LogP contribution in [0, 0.1) is 5.41 Å². The van der Waals surface area contributed by atoms with Crippen LogP contribution in [0.4, 0.5) is 5.69 Å². The number of aryl methyl sites for hydroxylation is 1. The zero-order valence-corrected chi connectivity index (χ0v) is 11.9. The smallest absolute Gasteiger partial charge is 0.0539 e. The highest BCUT2D eigenvalue weighted by Crippen LogP contribution is 2.38. The SMILES string of the molecule is CCc1cc(N2CCCC3(CCCOC3)C2)ccn1. The number of piperidine rings is 1. The average Bonchev–Trinajstić information content (AvgIpc) is 2.48. The van der Waals surface area contributed by atoms with E-state index in [1.165, 1.54) is 43.6 Å². The van der Waals surface area contributed by atoms with Crippen molar-refractivity contribution in [3.05, 3.63) is 24.0 Å². The van der Waals surface area contributed by atoms with Crippen LogP contribution in [0.25, 0.3) is 0 Å². The van der Waals surface area contributed by atoms with Gasteiger partial charge in [0.1, 0.15) is 0 Å². The molecule has 1 unspecified atom stereocenters. The Kier molecular flexibility index (Phi) is 3.74. The Hall–Kier alpha value is -1.09. The Morgan fingerprint density at radius 2 is 2.26 bits per heavy atom. The number of aromatic nitrogens is 1. The summed E-state index contributed by atoms with van der Waals surface area (Å²) < 4.78 is 5.75. The highest BCUT2D eigenvalue weighted by molar-refractivity contribution is 5.47. The largest absolute Gasteiger partial charge is 0.381 e. The number of anilines is 1. The molecule has 0 saturated carbocycles. The zero-order valence-electron chi connectivity index (χ0n) is 11.9. The molecule has 0 radical (unpaired) electrons. The Labute approximate surface area is 116 Å². The molecule has 3 heteroatoms. The quantitative estimate of drug-likeness (QED) is 0.817. The minimum absolute atomic E-state index is 0.409. The van der Waals surface area contributed by atoms with Gasteiger partial charge in [0, 0.05) is 42.7 Å². The Bertz CT molecular complexity index is 421. The summed E-state index contributed by atoms with van der Waals surface area (Å²) in [5.41, 5.74) is 2.94. The fourth-order valence-corrected chi connectivity index (χ4v) is 3.52. The lowest BCUT2D eigenvalue weighted by atomic mass is 9.76. The van der Waals surface area contributed by atoms with Gasteiger partial charge in [0.2, 0.25) is 0 Å². The van der Waals surface area contributed by atoms with Crippen LogP contribution in [0.1, 0.15) is 38.3 Å². The fourth-order valence-electron chi connectivity index (χ4n) is 3.52. The molecule has 2 saturated heterocycles. The van der Waals surface area contributed by atoms with Crippen molar-refractivity contribution in [2.75, 3.05) is 31.2 Å². The van der Waals surface area contributed by atoms with E-state index in [9.17, 15) is 0 Å². The molecule has 1 spiro atoms. The van der Waals surface area contributed by atoms with E-state index in [0.717, 1.165) is 26.2 Å². The van der Waals surface area contributed by atoms with Gasteiger partial charge in [0.05, 0.1) is 6.61 Å². The summed E-state index contributed by atoms with van der Waals surface area (Å²) in [5, 5.41) is 0. The van der Waals surface area contributed by atoms with Gasteiger partial charge in [-0.25, -0.2) is 0 Å². The van der Waals surface area contributed by atoms with Crippen molar-refractivity contribution in [2.24, 2.45) is 5.41 Å². The van der Waals surface area contributed by atoms with Crippen LogP contribution in [-0.2, 0) is 11.2 Å². The van der Waals surface area contributed by atoms with Gasteiger partial charge in [-0.1, -0.05) is 6.92 Å². The maximum Gasteiger partial charge on any atom is 0.0539 e. The minimum atomic E-state index is 0.409. The highest BCUT2D eigenvalue weighted by atomic mass is 16.5. The highest BCUT2D eigenvalue weighted by Gasteiger charge is 2.37. The lowest BCUT2D eigenvalue weighted by molar-refractivity contribution is -0.0150. The van der Waals surface area contributed by atoms with Crippen LogP contribution < -0.4 is 4.90 Å². The molecule has 3 heterocycles. The van der Waals surface area contributed by atoms with Crippen LogP contribution in [0.2, 0.25) is 0 Å². The van der Waals surface area contributed by atoms with Gasteiger partial charge in [0.15, 0.2) is 0 Å². The Morgan fingerprint density at radius 1 is 1.37 bits per heavy atom. The van der Waals surface area contributed by atoms with Crippen molar-refractivity contribution in [2.45, 2.75) is 39.0 Å². The van der Waals surface area contributed by atoms with Crippen LogP contribution in [-0.4, -0.2) is 31.3 Å². The number of nitrogens with zero attached hydrogens (tertiary/aromatic N) is 2. The predicted molar refractivity (Wildman–Crippen MR) is 77.5 cm³/mol. The Morgan fingerprint density at radius 3 is 3.05 bits per heavy atom. The molecule has 3 rings (SSSR count). The second-order valence-electron chi connectivity index (χ2n) is 6.04. The number of hydrogen-bond donors (Lipinski definition) is 0. The van der Waals surface area contributed by atoms with Gasteiger partial charge in [0.25, 0.3) is 0 Å². The second kappa shape index (κ2) is 5.49. The molecule has 2 aliphatic heterocycles. The van der Waals surface area contributed by atoms with E-state index in [1.807, 2.05) is 6.20 Å². The standard InChI is InChI=1S/C16H24N2O/c1-2-14-11-15(5-8-17-14)18-9-3-6-16(12-18)7-4-10-19-13-16/h5,8,11H,2-4,6-7,9-10,12-13H2,1H3. The molecule has 2 aliphatic rings. The van der Waals surface area contributed by atoms with Crippen molar-refractivity contribution < 1.29 is 4.74 Å². The second-order valence-corrected chi connectivity index (χ2v) is 6.04.